The molecular formula is C14H15ClN4O4. The highest BCUT2D eigenvalue weighted by Gasteiger charge is 2.25. The van der Waals surface area contributed by atoms with E-state index in [9.17, 15) is 20.0 Å². The van der Waals surface area contributed by atoms with Gasteiger partial charge in [-0.15, -0.1) is 0 Å². The Labute approximate surface area is 136 Å². The first-order chi connectivity index (χ1) is 10.7. The number of nitro groups is 1. The molecule has 1 atom stereocenters. The highest BCUT2D eigenvalue weighted by Crippen LogP contribution is 2.37. The zero-order valence-electron chi connectivity index (χ0n) is 12.7. The lowest BCUT2D eigenvalue weighted by Crippen LogP contribution is -2.20. The molecule has 8 nitrogen and oxygen atoms in total. The first-order valence-electron chi connectivity index (χ1n) is 6.71. The maximum absolute atomic E-state index is 12.4. The maximum Gasteiger partial charge on any atom is 0.314 e. The van der Waals surface area contributed by atoms with E-state index in [2.05, 4.69) is 15.5 Å². The van der Waals surface area contributed by atoms with Crippen molar-refractivity contribution < 1.29 is 14.8 Å². The van der Waals surface area contributed by atoms with Crippen LogP contribution in [0.4, 0.5) is 11.4 Å². The third-order valence-electron chi connectivity index (χ3n) is 3.52. The molecular weight excluding hydrogens is 324 g/mol. The number of halogens is 1. The number of aromatic amines is 1. The van der Waals surface area contributed by atoms with E-state index in [4.69, 9.17) is 11.6 Å². The topological polar surface area (TPSA) is 121 Å². The van der Waals surface area contributed by atoms with Gasteiger partial charge in [-0.25, -0.2) is 0 Å². The molecule has 1 aromatic heterocycles. The molecule has 0 fully saturated rings. The second-order valence-corrected chi connectivity index (χ2v) is 5.57. The summed E-state index contributed by atoms with van der Waals surface area (Å²) in [6.07, 6.45) is 0. The summed E-state index contributed by atoms with van der Waals surface area (Å²) in [6, 6.07) is 2.27. The number of amides is 1. The molecule has 1 aromatic carbocycles. The van der Waals surface area contributed by atoms with Crippen molar-refractivity contribution in [3.63, 3.8) is 0 Å². The molecule has 1 heterocycles. The van der Waals surface area contributed by atoms with Crippen LogP contribution in [0.2, 0.25) is 5.02 Å². The number of nitro benzene ring substituents is 1. The predicted molar refractivity (Wildman–Crippen MR) is 84.9 cm³/mol. The molecule has 0 unspecified atom stereocenters. The summed E-state index contributed by atoms with van der Waals surface area (Å²) in [5, 5.41) is 30.1. The van der Waals surface area contributed by atoms with E-state index in [-0.39, 0.29) is 10.7 Å². The van der Waals surface area contributed by atoms with E-state index in [1.165, 1.54) is 6.07 Å². The van der Waals surface area contributed by atoms with E-state index >= 15 is 0 Å². The second kappa shape index (κ2) is 6.25. The van der Waals surface area contributed by atoms with Crippen LogP contribution in [0.15, 0.2) is 12.1 Å². The Balaban J connectivity index is 2.32. The van der Waals surface area contributed by atoms with Gasteiger partial charge in [-0.05, 0) is 26.8 Å². The zero-order chi connectivity index (χ0) is 17.3. The molecule has 0 saturated heterocycles. The molecule has 1 amide bonds. The van der Waals surface area contributed by atoms with E-state index in [0.29, 0.717) is 5.69 Å². The average Bonchev–Trinajstić information content (AvgIpc) is 2.80. The summed E-state index contributed by atoms with van der Waals surface area (Å²) < 4.78 is 0. The summed E-state index contributed by atoms with van der Waals surface area (Å²) in [7, 11) is 0. The lowest BCUT2D eigenvalue weighted by molar-refractivity contribution is -0.385. The van der Waals surface area contributed by atoms with Crippen molar-refractivity contribution in [3.05, 3.63) is 44.2 Å². The minimum atomic E-state index is -0.773. The second-order valence-electron chi connectivity index (χ2n) is 5.14. The molecule has 0 aliphatic carbocycles. The van der Waals surface area contributed by atoms with Gasteiger partial charge in [-0.3, -0.25) is 20.0 Å². The number of phenols is 1. The number of nitrogens with zero attached hydrogens (tertiary/aromatic N) is 2. The van der Waals surface area contributed by atoms with Crippen LogP contribution in [-0.4, -0.2) is 26.1 Å². The lowest BCUT2D eigenvalue weighted by Gasteiger charge is -2.14. The van der Waals surface area contributed by atoms with Crippen LogP contribution < -0.4 is 5.32 Å². The van der Waals surface area contributed by atoms with Gasteiger partial charge in [-0.1, -0.05) is 11.6 Å². The Kier molecular flexibility index (Phi) is 4.55. The number of hydrogen-bond acceptors (Lipinski definition) is 5. The normalized spacial score (nSPS) is 12.0. The Bertz CT molecular complexity index is 768. The third kappa shape index (κ3) is 3.26. The molecule has 2 rings (SSSR count). The highest BCUT2D eigenvalue weighted by atomic mass is 35.5. The summed E-state index contributed by atoms with van der Waals surface area (Å²) >= 11 is 5.80. The van der Waals surface area contributed by atoms with Gasteiger partial charge in [-0.2, -0.15) is 5.10 Å². The van der Waals surface area contributed by atoms with Gasteiger partial charge in [0.1, 0.15) is 0 Å². The van der Waals surface area contributed by atoms with Gasteiger partial charge in [0.2, 0.25) is 11.7 Å². The van der Waals surface area contributed by atoms with Gasteiger partial charge in [0, 0.05) is 22.3 Å². The number of H-pyrrole nitrogens is 1. The first kappa shape index (κ1) is 16.8. The molecule has 122 valence electrons. The van der Waals surface area contributed by atoms with Crippen LogP contribution in [-0.2, 0) is 4.79 Å². The Morgan fingerprint density at radius 3 is 2.65 bits per heavy atom. The van der Waals surface area contributed by atoms with Crippen LogP contribution in [0.5, 0.6) is 5.75 Å². The number of benzene rings is 1. The molecule has 0 spiro atoms. The monoisotopic (exact) mass is 338 g/mol. The van der Waals surface area contributed by atoms with Gasteiger partial charge >= 0.3 is 5.69 Å². The molecule has 3 N–H and O–H groups in total. The number of carbonyl (C=O) groups is 1. The van der Waals surface area contributed by atoms with Gasteiger partial charge in [0.25, 0.3) is 0 Å². The van der Waals surface area contributed by atoms with Crippen molar-refractivity contribution in [3.8, 4) is 5.75 Å². The number of carbonyl (C=O) groups excluding carboxylic acids is 1. The van der Waals surface area contributed by atoms with Crippen molar-refractivity contribution in [2.75, 3.05) is 5.32 Å². The summed E-state index contributed by atoms with van der Waals surface area (Å²) in [4.78, 5) is 22.5. The van der Waals surface area contributed by atoms with Crippen molar-refractivity contribution in [2.24, 2.45) is 0 Å². The number of aromatic hydroxyl groups is 1. The fraction of sp³-hybridized carbons (Fsp3) is 0.286. The number of aryl methyl sites for hydroxylation is 2. The first-order valence-corrected chi connectivity index (χ1v) is 7.09. The van der Waals surface area contributed by atoms with Gasteiger partial charge in [0.05, 0.1) is 22.2 Å². The van der Waals surface area contributed by atoms with Crippen molar-refractivity contribution in [2.45, 2.75) is 26.7 Å². The molecule has 0 aliphatic heterocycles. The number of nitrogens with one attached hydrogen (secondary N) is 2. The van der Waals surface area contributed by atoms with Gasteiger partial charge in [0.15, 0.2) is 0 Å². The number of phenolic OH excluding ortho intramolecular Hbond substituents is 1. The largest absolute Gasteiger partial charge is 0.501 e. The lowest BCUT2D eigenvalue weighted by atomic mass is 9.98. The molecule has 9 heteroatoms. The summed E-state index contributed by atoms with van der Waals surface area (Å²) in [5.74, 6) is -1.64. The molecule has 0 bridgehead atoms. The number of hydrogen-bond donors (Lipinski definition) is 3. The van der Waals surface area contributed by atoms with E-state index in [1.807, 2.05) is 0 Å². The zero-order valence-corrected chi connectivity index (χ0v) is 13.4. The fourth-order valence-electron chi connectivity index (χ4n) is 2.39. The Morgan fingerprint density at radius 1 is 1.48 bits per heavy atom. The van der Waals surface area contributed by atoms with E-state index < -0.39 is 28.2 Å². The van der Waals surface area contributed by atoms with Crippen LogP contribution in [0.25, 0.3) is 0 Å². The quantitative estimate of drug-likeness (QED) is 0.449. The molecule has 0 aliphatic rings. The minimum Gasteiger partial charge on any atom is -0.501 e. The van der Waals surface area contributed by atoms with Gasteiger partial charge < -0.3 is 10.4 Å². The van der Waals surface area contributed by atoms with Crippen LogP contribution in [0, 0.1) is 24.0 Å². The van der Waals surface area contributed by atoms with Crippen molar-refractivity contribution >= 4 is 28.9 Å². The standard InChI is InChI=1S/C14H15ClN4O4/c1-6(12-7(2)17-18-8(12)3)14(21)16-10-4-9(15)5-11(13(10)20)19(22)23/h4-6,20H,1-3H3,(H,16,21)(H,17,18)/t6-/m1/s1. The van der Waals surface area contributed by atoms with Crippen molar-refractivity contribution in [1.82, 2.24) is 10.2 Å². The molecule has 2 aromatic rings. The van der Waals surface area contributed by atoms with Crippen LogP contribution in [0.3, 0.4) is 0 Å². The average molecular weight is 339 g/mol. The number of anilines is 1. The smallest absolute Gasteiger partial charge is 0.314 e. The Morgan fingerprint density at radius 2 is 2.13 bits per heavy atom. The van der Waals surface area contributed by atoms with Crippen LogP contribution in [0.1, 0.15) is 29.8 Å². The molecule has 0 saturated carbocycles. The van der Waals surface area contributed by atoms with E-state index in [1.54, 1.807) is 20.8 Å². The summed E-state index contributed by atoms with van der Waals surface area (Å²) in [5.41, 5.74) is 1.49. The number of rotatable bonds is 4. The van der Waals surface area contributed by atoms with E-state index in [0.717, 1.165) is 17.3 Å². The fourth-order valence-corrected chi connectivity index (χ4v) is 2.60. The predicted octanol–water partition coefficient (Wildman–Crippen LogP) is 3.04. The van der Waals surface area contributed by atoms with Crippen LogP contribution >= 0.6 is 11.6 Å². The maximum atomic E-state index is 12.4. The minimum absolute atomic E-state index is 0.0353. The third-order valence-corrected chi connectivity index (χ3v) is 3.74. The Hall–Kier alpha value is -2.61. The van der Waals surface area contributed by atoms with Crippen molar-refractivity contribution in [1.29, 1.82) is 0 Å². The molecule has 0 radical (unpaired) electrons. The highest BCUT2D eigenvalue weighted by molar-refractivity contribution is 6.31. The molecule has 23 heavy (non-hydrogen) atoms. The SMILES string of the molecule is Cc1n[nH]c(C)c1[C@@H](C)C(=O)Nc1cc(Cl)cc([N+](=O)[O-])c1O. The number of aromatic nitrogens is 2. The summed E-state index contributed by atoms with van der Waals surface area (Å²) in [6.45, 7) is 5.24.